The fourth-order valence-corrected chi connectivity index (χ4v) is 3.44. The topological polar surface area (TPSA) is 82.5 Å². The van der Waals surface area contributed by atoms with Gasteiger partial charge in [0.2, 0.25) is 0 Å². The number of nitrogens with zero attached hydrogens (tertiary/aromatic N) is 2. The molecule has 1 aromatic heterocycles. The van der Waals surface area contributed by atoms with Crippen molar-refractivity contribution in [3.05, 3.63) is 23.8 Å². The van der Waals surface area contributed by atoms with Gasteiger partial charge in [-0.2, -0.15) is 0 Å². The van der Waals surface area contributed by atoms with Gasteiger partial charge in [-0.05, 0) is 18.9 Å². The minimum atomic E-state index is -0.931. The van der Waals surface area contributed by atoms with E-state index in [9.17, 15) is 18.4 Å². The predicted octanol–water partition coefficient (Wildman–Crippen LogP) is 2.90. The summed E-state index contributed by atoms with van der Waals surface area (Å²) in [5, 5.41) is 11.7. The summed E-state index contributed by atoms with van der Waals surface area (Å²) in [6, 6.07) is 1.39. The molecule has 1 unspecified atom stereocenters. The number of anilines is 1. The third kappa shape index (κ3) is 3.24. The Balaban J connectivity index is 1.75. The van der Waals surface area contributed by atoms with E-state index in [2.05, 4.69) is 10.3 Å². The van der Waals surface area contributed by atoms with Gasteiger partial charge in [0, 0.05) is 19.2 Å². The fraction of sp³-hybridized carbons (Fsp3) is 0.357. The molecule has 0 radical (unpaired) electrons. The van der Waals surface area contributed by atoms with Crippen molar-refractivity contribution in [2.75, 3.05) is 18.4 Å². The van der Waals surface area contributed by atoms with Crippen LogP contribution in [-0.2, 0) is 4.79 Å². The molecule has 0 bridgehead atoms. The molecule has 6 nitrogen and oxygen atoms in total. The van der Waals surface area contributed by atoms with Crippen molar-refractivity contribution in [1.29, 1.82) is 0 Å². The number of rotatable bonds is 2. The van der Waals surface area contributed by atoms with Crippen molar-refractivity contribution in [3.63, 3.8) is 0 Å². The van der Waals surface area contributed by atoms with E-state index in [0.717, 1.165) is 23.5 Å². The monoisotopic (exact) mass is 341 g/mol. The van der Waals surface area contributed by atoms with Crippen molar-refractivity contribution in [2.45, 2.75) is 12.8 Å². The fourth-order valence-electron chi connectivity index (χ4n) is 2.54. The Hall–Kier alpha value is -2.29. The second-order valence-electron chi connectivity index (χ2n) is 5.31. The number of carbonyl (C=O) groups is 2. The Morgan fingerprint density at radius 2 is 2.17 bits per heavy atom. The zero-order chi connectivity index (χ0) is 16.6. The number of urea groups is 1. The number of hydrogen-bond donors (Lipinski definition) is 2. The van der Waals surface area contributed by atoms with Gasteiger partial charge in [0.05, 0.1) is 10.6 Å². The first kappa shape index (κ1) is 15.6. The van der Waals surface area contributed by atoms with Crippen LogP contribution in [0.15, 0.2) is 12.1 Å². The van der Waals surface area contributed by atoms with Crippen molar-refractivity contribution < 1.29 is 23.5 Å². The number of likely N-dealkylation sites (tertiary alicyclic amines) is 1. The smallest absolute Gasteiger partial charge is 0.323 e. The molecule has 122 valence electrons. The Morgan fingerprint density at radius 1 is 1.39 bits per heavy atom. The third-order valence-electron chi connectivity index (χ3n) is 3.68. The molecular weight excluding hydrogens is 328 g/mol. The number of amides is 2. The number of carboxylic acid groups (broad SMARTS) is 1. The van der Waals surface area contributed by atoms with Gasteiger partial charge in [-0.25, -0.2) is 18.6 Å². The number of hydrogen-bond acceptors (Lipinski definition) is 4. The van der Waals surface area contributed by atoms with Crippen molar-refractivity contribution in [3.8, 4) is 0 Å². The van der Waals surface area contributed by atoms with Gasteiger partial charge in [0.25, 0.3) is 0 Å². The zero-order valence-electron chi connectivity index (χ0n) is 11.9. The summed E-state index contributed by atoms with van der Waals surface area (Å²) >= 11 is 0.959. The molecule has 1 saturated heterocycles. The molecule has 2 N–H and O–H groups in total. The van der Waals surface area contributed by atoms with E-state index in [4.69, 9.17) is 5.11 Å². The molecule has 2 aromatic rings. The van der Waals surface area contributed by atoms with Gasteiger partial charge in [-0.3, -0.25) is 10.1 Å². The maximum absolute atomic E-state index is 13.6. The van der Waals surface area contributed by atoms with Crippen LogP contribution in [-0.4, -0.2) is 40.1 Å². The lowest BCUT2D eigenvalue weighted by Gasteiger charge is -2.30. The molecule has 0 saturated carbocycles. The average molecular weight is 341 g/mol. The highest BCUT2D eigenvalue weighted by Gasteiger charge is 2.28. The lowest BCUT2D eigenvalue weighted by Crippen LogP contribution is -2.44. The molecule has 0 aliphatic carbocycles. The molecule has 1 aliphatic rings. The maximum atomic E-state index is 13.6. The third-order valence-corrected chi connectivity index (χ3v) is 4.60. The molecular formula is C14H13F2N3O3S. The van der Waals surface area contributed by atoms with E-state index < -0.39 is 29.6 Å². The van der Waals surface area contributed by atoms with Crippen LogP contribution < -0.4 is 5.32 Å². The number of halogens is 2. The number of benzene rings is 1. The largest absolute Gasteiger partial charge is 0.481 e. The molecule has 1 aliphatic heterocycles. The second kappa shape index (κ2) is 6.07. The minimum Gasteiger partial charge on any atom is -0.481 e. The highest BCUT2D eigenvalue weighted by Crippen LogP contribution is 2.29. The standard InChI is InChI=1S/C14H13F2N3O3S/c15-8-4-9(16)11-10(5-8)23-13(17-11)18-14(22)19-3-1-2-7(6-19)12(20)21/h4-5,7H,1-3,6H2,(H,20,21)(H,17,18,22). The predicted molar refractivity (Wildman–Crippen MR) is 80.5 cm³/mol. The number of carbonyl (C=O) groups excluding carboxylic acids is 1. The van der Waals surface area contributed by atoms with Crippen LogP contribution >= 0.6 is 11.3 Å². The summed E-state index contributed by atoms with van der Waals surface area (Å²) in [5.74, 6) is -3.02. The molecule has 0 spiro atoms. The first-order valence-electron chi connectivity index (χ1n) is 6.98. The Morgan fingerprint density at radius 3 is 2.91 bits per heavy atom. The van der Waals surface area contributed by atoms with Crippen LogP contribution in [0.3, 0.4) is 0 Å². The molecule has 2 heterocycles. The molecule has 23 heavy (non-hydrogen) atoms. The summed E-state index contributed by atoms with van der Waals surface area (Å²) < 4.78 is 27.1. The van der Waals surface area contributed by atoms with E-state index in [-0.39, 0.29) is 17.2 Å². The van der Waals surface area contributed by atoms with Gasteiger partial charge in [-0.15, -0.1) is 0 Å². The van der Waals surface area contributed by atoms with E-state index in [0.29, 0.717) is 24.1 Å². The first-order chi connectivity index (χ1) is 10.9. The van der Waals surface area contributed by atoms with Crippen LogP contribution in [0.5, 0.6) is 0 Å². The van der Waals surface area contributed by atoms with E-state index >= 15 is 0 Å². The van der Waals surface area contributed by atoms with Crippen molar-refractivity contribution >= 4 is 38.7 Å². The maximum Gasteiger partial charge on any atom is 0.323 e. The van der Waals surface area contributed by atoms with Crippen molar-refractivity contribution in [1.82, 2.24) is 9.88 Å². The summed E-state index contributed by atoms with van der Waals surface area (Å²) in [5.41, 5.74) is -0.00578. The number of aromatic nitrogens is 1. The lowest BCUT2D eigenvalue weighted by molar-refractivity contribution is -0.143. The van der Waals surface area contributed by atoms with Gasteiger partial charge >= 0.3 is 12.0 Å². The molecule has 1 atom stereocenters. The number of nitrogens with one attached hydrogen (secondary N) is 1. The lowest BCUT2D eigenvalue weighted by atomic mass is 9.99. The Labute approximate surface area is 133 Å². The average Bonchev–Trinajstić information content (AvgIpc) is 2.90. The number of aliphatic carboxylic acids is 1. The normalized spacial score (nSPS) is 18.2. The molecule has 3 rings (SSSR count). The second-order valence-corrected chi connectivity index (χ2v) is 6.34. The van der Waals surface area contributed by atoms with Crippen LogP contribution in [0.2, 0.25) is 0 Å². The molecule has 1 aromatic carbocycles. The van der Waals surface area contributed by atoms with Gasteiger partial charge in [0.15, 0.2) is 10.9 Å². The summed E-state index contributed by atoms with van der Waals surface area (Å²) in [6.45, 7) is 0.568. The zero-order valence-corrected chi connectivity index (χ0v) is 12.7. The molecule has 2 amide bonds. The van der Waals surface area contributed by atoms with Crippen molar-refractivity contribution in [2.24, 2.45) is 5.92 Å². The molecule has 9 heteroatoms. The number of piperidine rings is 1. The Bertz CT molecular complexity index is 780. The highest BCUT2D eigenvalue weighted by molar-refractivity contribution is 7.22. The summed E-state index contributed by atoms with van der Waals surface area (Å²) in [6.07, 6.45) is 1.13. The number of fused-ring (bicyclic) bond motifs is 1. The summed E-state index contributed by atoms with van der Waals surface area (Å²) in [7, 11) is 0. The van der Waals surface area contributed by atoms with E-state index in [1.54, 1.807) is 0 Å². The first-order valence-corrected chi connectivity index (χ1v) is 7.80. The SMILES string of the molecule is O=C(O)C1CCCN(C(=O)Nc2nc3c(F)cc(F)cc3s2)C1. The van der Waals surface area contributed by atoms with Gasteiger partial charge in [-0.1, -0.05) is 11.3 Å². The van der Waals surface area contributed by atoms with Gasteiger partial charge in [0.1, 0.15) is 11.3 Å². The minimum absolute atomic E-state index is 0.00578. The number of thiazole rings is 1. The Kier molecular flexibility index (Phi) is 4.12. The summed E-state index contributed by atoms with van der Waals surface area (Å²) in [4.78, 5) is 28.5. The molecule has 1 fully saturated rings. The highest BCUT2D eigenvalue weighted by atomic mass is 32.1. The van der Waals surface area contributed by atoms with E-state index in [1.807, 2.05) is 0 Å². The van der Waals surface area contributed by atoms with Crippen LogP contribution in [0.4, 0.5) is 18.7 Å². The van der Waals surface area contributed by atoms with E-state index in [1.165, 1.54) is 4.90 Å². The van der Waals surface area contributed by atoms with Crippen LogP contribution in [0.25, 0.3) is 10.2 Å². The number of carboxylic acids is 1. The van der Waals surface area contributed by atoms with Gasteiger partial charge < -0.3 is 10.0 Å². The van der Waals surface area contributed by atoms with Crippen LogP contribution in [0, 0.1) is 17.6 Å². The quantitative estimate of drug-likeness (QED) is 0.880. The van der Waals surface area contributed by atoms with Crippen LogP contribution in [0.1, 0.15) is 12.8 Å².